The van der Waals surface area contributed by atoms with Gasteiger partial charge in [0.25, 0.3) is 0 Å². The summed E-state index contributed by atoms with van der Waals surface area (Å²) >= 11 is 0. The predicted molar refractivity (Wildman–Crippen MR) is 137 cm³/mol. The number of hydrogen-bond donors (Lipinski definition) is 3. The minimum Gasteiger partial charge on any atom is -0.390 e. The Bertz CT molecular complexity index is 1460. The molecule has 3 heterocycles. The molecule has 0 atom stereocenters. The molecule has 0 spiro atoms. The fourth-order valence-corrected chi connectivity index (χ4v) is 4.67. The van der Waals surface area contributed by atoms with Gasteiger partial charge >= 0.3 is 0 Å². The summed E-state index contributed by atoms with van der Waals surface area (Å²) in [5.74, 6) is 0.245. The molecule has 188 valence electrons. The van der Waals surface area contributed by atoms with Crippen LogP contribution in [-0.2, 0) is 16.6 Å². The number of aryl methyl sites for hydroxylation is 1. The molecule has 4 rings (SSSR count). The third kappa shape index (κ3) is 6.11. The second kappa shape index (κ2) is 10.1. The maximum Gasteiger partial charge on any atom is 0.240 e. The van der Waals surface area contributed by atoms with E-state index in [1.54, 1.807) is 55.3 Å². The Balaban J connectivity index is 1.62. The van der Waals surface area contributed by atoms with Crippen LogP contribution < -0.4 is 10.5 Å². The second-order valence-electron chi connectivity index (χ2n) is 9.21. The van der Waals surface area contributed by atoms with E-state index in [-0.39, 0.29) is 23.7 Å². The van der Waals surface area contributed by atoms with Gasteiger partial charge in [0.05, 0.1) is 35.1 Å². The molecule has 0 aliphatic heterocycles. The van der Waals surface area contributed by atoms with Gasteiger partial charge in [-0.25, -0.2) is 23.1 Å². The fraction of sp³-hybridized carbons (Fsp3) is 0.280. The number of nitrogens with one attached hydrogen (secondary N) is 1. The van der Waals surface area contributed by atoms with Crippen LogP contribution in [0.3, 0.4) is 0 Å². The van der Waals surface area contributed by atoms with E-state index >= 15 is 0 Å². The number of aliphatic hydroxyl groups is 1. The molecule has 0 radical (unpaired) electrons. The van der Waals surface area contributed by atoms with E-state index < -0.39 is 15.6 Å². The number of nitrogens with two attached hydrogens (primary N) is 1. The number of rotatable bonds is 9. The number of sulfonamides is 1. The van der Waals surface area contributed by atoms with Crippen molar-refractivity contribution in [3.05, 3.63) is 72.4 Å². The maximum atomic E-state index is 12.8. The third-order valence-electron chi connectivity index (χ3n) is 5.60. The Morgan fingerprint density at radius 3 is 2.69 bits per heavy atom. The Hall–Kier alpha value is -3.67. The fourth-order valence-electron chi connectivity index (χ4n) is 3.61. The van der Waals surface area contributed by atoms with E-state index in [1.807, 2.05) is 25.3 Å². The largest absolute Gasteiger partial charge is 0.390 e. The quantitative estimate of drug-likeness (QED) is 0.313. The molecule has 11 heteroatoms. The lowest BCUT2D eigenvalue weighted by Gasteiger charge is -2.17. The second-order valence-corrected chi connectivity index (χ2v) is 11.0. The smallest absolute Gasteiger partial charge is 0.240 e. The van der Waals surface area contributed by atoms with Gasteiger partial charge < -0.3 is 10.8 Å². The van der Waals surface area contributed by atoms with E-state index in [0.29, 0.717) is 29.1 Å². The predicted octanol–water partition coefficient (Wildman–Crippen LogP) is 2.78. The van der Waals surface area contributed by atoms with Crippen LogP contribution in [0.5, 0.6) is 0 Å². The summed E-state index contributed by atoms with van der Waals surface area (Å²) in [5, 5.41) is 14.3. The number of nitrogen functional groups attached to an aromatic ring is 1. The molecule has 0 saturated heterocycles. The molecule has 0 amide bonds. The number of hydrogen-bond acceptors (Lipinski definition) is 8. The summed E-state index contributed by atoms with van der Waals surface area (Å²) in [6.45, 7) is 5.79. The monoisotopic (exact) mass is 507 g/mol. The van der Waals surface area contributed by atoms with Gasteiger partial charge in [-0.05, 0) is 56.5 Å². The van der Waals surface area contributed by atoms with Gasteiger partial charge in [0.1, 0.15) is 11.5 Å². The van der Waals surface area contributed by atoms with Gasteiger partial charge in [-0.1, -0.05) is 12.1 Å². The van der Waals surface area contributed by atoms with Crippen molar-refractivity contribution in [1.82, 2.24) is 29.5 Å². The van der Waals surface area contributed by atoms with E-state index in [9.17, 15) is 13.5 Å². The highest BCUT2D eigenvalue weighted by molar-refractivity contribution is 7.89. The number of aromatic nitrogens is 5. The highest BCUT2D eigenvalue weighted by atomic mass is 32.2. The maximum absolute atomic E-state index is 12.8. The van der Waals surface area contributed by atoms with Gasteiger partial charge in [0, 0.05) is 36.3 Å². The van der Waals surface area contributed by atoms with Crippen molar-refractivity contribution in [3.63, 3.8) is 0 Å². The molecule has 0 aliphatic carbocycles. The number of pyridine rings is 1. The van der Waals surface area contributed by atoms with Crippen LogP contribution in [0, 0.1) is 6.92 Å². The van der Waals surface area contributed by atoms with Crippen molar-refractivity contribution in [3.8, 4) is 22.5 Å². The molecule has 0 fully saturated rings. The van der Waals surface area contributed by atoms with Crippen molar-refractivity contribution < 1.29 is 13.5 Å². The summed E-state index contributed by atoms with van der Waals surface area (Å²) < 4.78 is 30.0. The molecular weight excluding hydrogens is 478 g/mol. The Labute approximate surface area is 210 Å². The number of nitrogens with zero attached hydrogens (tertiary/aromatic N) is 5. The summed E-state index contributed by atoms with van der Waals surface area (Å²) in [6, 6.07) is 8.67. The topological polar surface area (TPSA) is 149 Å². The van der Waals surface area contributed by atoms with Crippen molar-refractivity contribution in [1.29, 1.82) is 0 Å². The normalized spacial score (nSPS) is 12.1. The van der Waals surface area contributed by atoms with Crippen molar-refractivity contribution in [2.45, 2.75) is 44.2 Å². The summed E-state index contributed by atoms with van der Waals surface area (Å²) in [7, 11) is -3.78. The number of anilines is 1. The molecule has 4 N–H and O–H groups in total. The Morgan fingerprint density at radius 1 is 1.17 bits per heavy atom. The molecule has 0 saturated carbocycles. The first kappa shape index (κ1) is 25.4. The lowest BCUT2D eigenvalue weighted by atomic mass is 10.1. The van der Waals surface area contributed by atoms with E-state index in [0.717, 1.165) is 11.1 Å². The molecule has 0 unspecified atom stereocenters. The molecule has 0 aliphatic rings. The molecule has 3 aromatic heterocycles. The number of benzene rings is 1. The molecule has 0 bridgehead atoms. The van der Waals surface area contributed by atoms with Crippen LogP contribution in [0.1, 0.15) is 31.4 Å². The SMILES string of the molecule is Cc1ccc(S(=O)(=O)NCCC(C)(C)O)cc1-c1cnc(N)c(-c2cnn(Cc3cccnc3)c2)n1. The molecule has 36 heavy (non-hydrogen) atoms. The zero-order valence-electron chi connectivity index (χ0n) is 20.4. The first-order valence-electron chi connectivity index (χ1n) is 11.4. The minimum absolute atomic E-state index is 0.100. The molecule has 4 aromatic rings. The van der Waals surface area contributed by atoms with Gasteiger partial charge in [-0.3, -0.25) is 9.67 Å². The zero-order valence-corrected chi connectivity index (χ0v) is 21.2. The molecule has 1 aromatic carbocycles. The van der Waals surface area contributed by atoms with Crippen LogP contribution in [-0.4, -0.2) is 50.4 Å². The van der Waals surface area contributed by atoms with Crippen LogP contribution in [0.4, 0.5) is 5.82 Å². The van der Waals surface area contributed by atoms with Crippen molar-refractivity contribution in [2.75, 3.05) is 12.3 Å². The lowest BCUT2D eigenvalue weighted by Crippen LogP contribution is -2.30. The molecular formula is C25H29N7O3S. The van der Waals surface area contributed by atoms with Crippen molar-refractivity contribution >= 4 is 15.8 Å². The van der Waals surface area contributed by atoms with Gasteiger partial charge in [-0.2, -0.15) is 5.10 Å². The van der Waals surface area contributed by atoms with Crippen LogP contribution in [0.25, 0.3) is 22.5 Å². The average molecular weight is 508 g/mol. The molecule has 10 nitrogen and oxygen atoms in total. The summed E-state index contributed by atoms with van der Waals surface area (Å²) in [6.07, 6.45) is 8.80. The lowest BCUT2D eigenvalue weighted by molar-refractivity contribution is 0.0728. The Kier molecular flexibility index (Phi) is 7.16. The minimum atomic E-state index is -3.78. The van der Waals surface area contributed by atoms with Crippen LogP contribution >= 0.6 is 0 Å². The van der Waals surface area contributed by atoms with Gasteiger partial charge in [0.15, 0.2) is 0 Å². The van der Waals surface area contributed by atoms with E-state index in [4.69, 9.17) is 10.7 Å². The average Bonchev–Trinajstić information content (AvgIpc) is 3.27. The van der Waals surface area contributed by atoms with Crippen molar-refractivity contribution in [2.24, 2.45) is 0 Å². The van der Waals surface area contributed by atoms with E-state index in [1.165, 1.54) is 6.20 Å². The summed E-state index contributed by atoms with van der Waals surface area (Å²) in [5.41, 5.74) is 9.28. The standard InChI is InChI=1S/C25H29N7O3S/c1-17-6-7-20(36(34,35)30-10-8-25(2,3)33)11-21(17)22-14-28-24(26)23(31-22)19-13-29-32(16-19)15-18-5-4-9-27-12-18/h4-7,9,11-14,16,30,33H,8,10,15H2,1-3H3,(H2,26,28). The highest BCUT2D eigenvalue weighted by Gasteiger charge is 2.20. The first-order chi connectivity index (χ1) is 17.0. The van der Waals surface area contributed by atoms with E-state index in [2.05, 4.69) is 19.8 Å². The first-order valence-corrected chi connectivity index (χ1v) is 12.9. The summed E-state index contributed by atoms with van der Waals surface area (Å²) in [4.78, 5) is 13.2. The van der Waals surface area contributed by atoms with Crippen LogP contribution in [0.15, 0.2) is 66.2 Å². The van der Waals surface area contributed by atoms with Gasteiger partial charge in [0.2, 0.25) is 10.0 Å². The van der Waals surface area contributed by atoms with Crippen LogP contribution in [0.2, 0.25) is 0 Å². The van der Waals surface area contributed by atoms with Gasteiger partial charge in [-0.15, -0.1) is 0 Å². The Morgan fingerprint density at radius 2 is 1.97 bits per heavy atom. The zero-order chi connectivity index (χ0) is 25.9. The highest BCUT2D eigenvalue weighted by Crippen LogP contribution is 2.29. The third-order valence-corrected chi connectivity index (χ3v) is 7.06.